The first-order chi connectivity index (χ1) is 13.4. The van der Waals surface area contributed by atoms with Crippen molar-refractivity contribution >= 4 is 17.5 Å². The lowest BCUT2D eigenvalue weighted by molar-refractivity contribution is 0.0945. The van der Waals surface area contributed by atoms with Gasteiger partial charge in [-0.15, -0.1) is 0 Å². The van der Waals surface area contributed by atoms with E-state index < -0.39 is 29.3 Å². The van der Waals surface area contributed by atoms with Gasteiger partial charge in [0.25, 0.3) is 11.8 Å². The van der Waals surface area contributed by atoms with Crippen LogP contribution in [0.4, 0.5) is 18.9 Å². The van der Waals surface area contributed by atoms with E-state index in [1.165, 1.54) is 36.5 Å². The lowest BCUT2D eigenvalue weighted by Crippen LogP contribution is -2.25. The first-order valence-electron chi connectivity index (χ1n) is 8.18. The minimum Gasteiger partial charge on any atom is -0.347 e. The minimum absolute atomic E-state index is 0.0507. The van der Waals surface area contributed by atoms with Crippen LogP contribution in [0.1, 0.15) is 26.4 Å². The van der Waals surface area contributed by atoms with Crippen LogP contribution in [-0.4, -0.2) is 16.8 Å². The zero-order valence-electron chi connectivity index (χ0n) is 14.4. The Morgan fingerprint density at radius 1 is 0.893 bits per heavy atom. The van der Waals surface area contributed by atoms with Crippen molar-refractivity contribution in [2.45, 2.75) is 6.54 Å². The summed E-state index contributed by atoms with van der Waals surface area (Å²) in [5.74, 6) is -3.45. The fraction of sp³-hybridized carbons (Fsp3) is 0.0500. The van der Waals surface area contributed by atoms with Gasteiger partial charge in [0, 0.05) is 29.9 Å². The summed E-state index contributed by atoms with van der Waals surface area (Å²) in [5, 5.41) is 4.81. The van der Waals surface area contributed by atoms with Gasteiger partial charge >= 0.3 is 0 Å². The van der Waals surface area contributed by atoms with Crippen molar-refractivity contribution in [3.8, 4) is 0 Å². The van der Waals surface area contributed by atoms with E-state index in [1.54, 1.807) is 6.07 Å². The van der Waals surface area contributed by atoms with Gasteiger partial charge in [0.15, 0.2) is 0 Å². The molecule has 2 amide bonds. The predicted molar refractivity (Wildman–Crippen MR) is 96.1 cm³/mol. The van der Waals surface area contributed by atoms with E-state index in [1.807, 2.05) is 0 Å². The van der Waals surface area contributed by atoms with Crippen molar-refractivity contribution < 1.29 is 22.8 Å². The summed E-state index contributed by atoms with van der Waals surface area (Å²) in [6.07, 6.45) is 1.24. The number of carbonyl (C=O) groups is 2. The number of benzene rings is 2. The number of rotatable bonds is 5. The highest BCUT2D eigenvalue weighted by Crippen LogP contribution is 2.16. The highest BCUT2D eigenvalue weighted by molar-refractivity contribution is 6.05. The molecule has 0 radical (unpaired) electrons. The molecule has 2 N–H and O–H groups in total. The molecule has 3 rings (SSSR count). The summed E-state index contributed by atoms with van der Waals surface area (Å²) in [5.41, 5.74) is 0.0867. The third-order valence-electron chi connectivity index (χ3n) is 3.83. The smallest absolute Gasteiger partial charge is 0.270 e. The van der Waals surface area contributed by atoms with Gasteiger partial charge in [-0.05, 0) is 30.3 Å². The Morgan fingerprint density at radius 3 is 2.43 bits per heavy atom. The topological polar surface area (TPSA) is 71.1 Å². The molecule has 2 aromatic carbocycles. The average molecular weight is 385 g/mol. The molecular weight excluding hydrogens is 371 g/mol. The van der Waals surface area contributed by atoms with Crippen molar-refractivity contribution in [2.24, 2.45) is 0 Å². The van der Waals surface area contributed by atoms with Crippen LogP contribution in [0.15, 0.2) is 60.8 Å². The zero-order valence-corrected chi connectivity index (χ0v) is 14.4. The first kappa shape index (κ1) is 19.1. The molecule has 1 heterocycles. The number of halogens is 3. The van der Waals surface area contributed by atoms with Crippen LogP contribution in [0.2, 0.25) is 0 Å². The second-order valence-corrected chi connectivity index (χ2v) is 5.78. The lowest BCUT2D eigenvalue weighted by Gasteiger charge is -2.08. The van der Waals surface area contributed by atoms with Crippen LogP contribution < -0.4 is 10.6 Å². The standard InChI is InChI=1S/C20H14F3N3O2/c21-14-5-6-17(16(23)10-14)26-19(27)12-7-8-24-18(9-12)20(28)25-11-13-3-1-2-4-15(13)22/h1-10H,11H2,(H,25,28)(H,26,27). The van der Waals surface area contributed by atoms with Crippen molar-refractivity contribution in [3.05, 3.63) is 95.1 Å². The molecule has 3 aromatic rings. The molecule has 0 unspecified atom stereocenters. The summed E-state index contributed by atoms with van der Waals surface area (Å²) in [4.78, 5) is 28.4. The number of carbonyl (C=O) groups excluding carboxylic acids is 2. The normalized spacial score (nSPS) is 10.4. The van der Waals surface area contributed by atoms with Crippen molar-refractivity contribution in [3.63, 3.8) is 0 Å². The van der Waals surface area contributed by atoms with Gasteiger partial charge in [0.2, 0.25) is 0 Å². The van der Waals surface area contributed by atoms with Crippen molar-refractivity contribution in [1.82, 2.24) is 10.3 Å². The molecule has 0 aliphatic heterocycles. The molecule has 1 aromatic heterocycles. The van der Waals surface area contributed by atoms with Gasteiger partial charge in [-0.1, -0.05) is 18.2 Å². The Bertz CT molecular complexity index is 1040. The van der Waals surface area contributed by atoms with Gasteiger partial charge in [0.1, 0.15) is 23.1 Å². The molecule has 0 aliphatic carbocycles. The van der Waals surface area contributed by atoms with Gasteiger partial charge in [-0.25, -0.2) is 13.2 Å². The maximum atomic E-state index is 13.7. The molecule has 5 nitrogen and oxygen atoms in total. The Kier molecular flexibility index (Phi) is 5.69. The van der Waals surface area contributed by atoms with Crippen LogP contribution in [0.5, 0.6) is 0 Å². The number of nitrogens with zero attached hydrogens (tertiary/aromatic N) is 1. The Balaban J connectivity index is 1.69. The molecular formula is C20H14F3N3O2. The number of hydrogen-bond acceptors (Lipinski definition) is 3. The molecule has 8 heteroatoms. The summed E-state index contributed by atoms with van der Waals surface area (Å²) in [7, 11) is 0. The molecule has 142 valence electrons. The Labute approximate surface area is 158 Å². The van der Waals surface area contributed by atoms with E-state index >= 15 is 0 Å². The average Bonchev–Trinajstić information content (AvgIpc) is 2.69. The number of pyridine rings is 1. The molecule has 0 bridgehead atoms. The number of anilines is 1. The van der Waals surface area contributed by atoms with Crippen LogP contribution in [0, 0.1) is 17.5 Å². The van der Waals surface area contributed by atoms with Gasteiger partial charge in [0.05, 0.1) is 5.69 Å². The van der Waals surface area contributed by atoms with E-state index in [0.717, 1.165) is 12.1 Å². The largest absolute Gasteiger partial charge is 0.347 e. The van der Waals surface area contributed by atoms with E-state index in [4.69, 9.17) is 0 Å². The van der Waals surface area contributed by atoms with Gasteiger partial charge in [-0.2, -0.15) is 0 Å². The predicted octanol–water partition coefficient (Wildman–Crippen LogP) is 3.68. The minimum atomic E-state index is -0.926. The van der Waals surface area contributed by atoms with Crippen molar-refractivity contribution in [2.75, 3.05) is 5.32 Å². The first-order valence-corrected chi connectivity index (χ1v) is 8.18. The number of amides is 2. The monoisotopic (exact) mass is 385 g/mol. The zero-order chi connectivity index (χ0) is 20.1. The molecule has 0 saturated carbocycles. The summed E-state index contributed by atoms with van der Waals surface area (Å²) < 4.78 is 40.2. The van der Waals surface area contributed by atoms with Gasteiger partial charge < -0.3 is 10.6 Å². The number of hydrogen-bond donors (Lipinski definition) is 2. The van der Waals surface area contributed by atoms with Gasteiger partial charge in [-0.3, -0.25) is 14.6 Å². The van der Waals surface area contributed by atoms with E-state index in [0.29, 0.717) is 11.6 Å². The van der Waals surface area contributed by atoms with E-state index in [-0.39, 0.29) is 23.5 Å². The highest BCUT2D eigenvalue weighted by Gasteiger charge is 2.14. The fourth-order valence-corrected chi connectivity index (χ4v) is 2.39. The van der Waals surface area contributed by atoms with Crippen LogP contribution in [0.25, 0.3) is 0 Å². The Morgan fingerprint density at radius 2 is 1.68 bits per heavy atom. The highest BCUT2D eigenvalue weighted by atomic mass is 19.1. The third kappa shape index (κ3) is 4.53. The molecule has 0 atom stereocenters. The summed E-state index contributed by atoms with van der Waals surface area (Å²) in [6, 6.07) is 11.3. The maximum Gasteiger partial charge on any atom is 0.270 e. The quantitative estimate of drug-likeness (QED) is 0.704. The van der Waals surface area contributed by atoms with E-state index in [9.17, 15) is 22.8 Å². The molecule has 28 heavy (non-hydrogen) atoms. The fourth-order valence-electron chi connectivity index (χ4n) is 2.39. The maximum absolute atomic E-state index is 13.7. The molecule has 0 aliphatic rings. The summed E-state index contributed by atoms with van der Waals surface area (Å²) >= 11 is 0. The lowest BCUT2D eigenvalue weighted by atomic mass is 10.2. The van der Waals surface area contributed by atoms with Crippen LogP contribution in [0.3, 0.4) is 0 Å². The number of aromatic nitrogens is 1. The van der Waals surface area contributed by atoms with Crippen molar-refractivity contribution in [1.29, 1.82) is 0 Å². The second-order valence-electron chi connectivity index (χ2n) is 5.78. The number of nitrogens with one attached hydrogen (secondary N) is 2. The van der Waals surface area contributed by atoms with Crippen LogP contribution >= 0.6 is 0 Å². The molecule has 0 saturated heterocycles. The molecule has 0 spiro atoms. The Hall–Kier alpha value is -3.68. The second kappa shape index (κ2) is 8.34. The summed E-state index contributed by atoms with van der Waals surface area (Å²) in [6.45, 7) is -0.0512. The van der Waals surface area contributed by atoms with Crippen LogP contribution in [-0.2, 0) is 6.54 Å². The SMILES string of the molecule is O=C(Nc1ccc(F)cc1F)c1ccnc(C(=O)NCc2ccccc2F)c1. The van der Waals surface area contributed by atoms with E-state index in [2.05, 4.69) is 15.6 Å². The third-order valence-corrected chi connectivity index (χ3v) is 3.83. The molecule has 0 fully saturated rings.